The van der Waals surface area contributed by atoms with E-state index in [-0.39, 0.29) is 35.6 Å². The number of alkyl halides is 12. The maximum Gasteiger partial charge on any atom is 0.417 e. The molecule has 2 aliphatic rings. The lowest BCUT2D eigenvalue weighted by atomic mass is 9.91. The van der Waals surface area contributed by atoms with Crippen LogP contribution in [0.15, 0.2) is 48.7 Å². The van der Waals surface area contributed by atoms with Crippen molar-refractivity contribution in [1.29, 1.82) is 0 Å². The highest BCUT2D eigenvalue weighted by Gasteiger charge is 2.52. The van der Waals surface area contributed by atoms with Crippen LogP contribution in [-0.2, 0) is 29.4 Å². The predicted molar refractivity (Wildman–Crippen MR) is 129 cm³/mol. The number of carbonyl (C=O) groups excluding carboxylic acids is 1. The molecule has 2 aromatic carbocycles. The van der Waals surface area contributed by atoms with Gasteiger partial charge in [0.05, 0.1) is 41.4 Å². The minimum atomic E-state index is -5.21. The van der Waals surface area contributed by atoms with Crippen LogP contribution in [0.1, 0.15) is 58.4 Å². The number of cyclic esters (lactones) is 1. The molecule has 0 spiro atoms. The van der Waals surface area contributed by atoms with Gasteiger partial charge < -0.3 is 9.47 Å². The molecule has 17 heteroatoms. The first-order valence-electron chi connectivity index (χ1n) is 12.8. The van der Waals surface area contributed by atoms with Crippen molar-refractivity contribution in [2.75, 3.05) is 7.11 Å². The molecule has 2 fully saturated rings. The van der Waals surface area contributed by atoms with Gasteiger partial charge in [-0.3, -0.25) is 4.90 Å². The monoisotopic (exact) mass is 658 g/mol. The lowest BCUT2D eigenvalue weighted by molar-refractivity contribution is -0.143. The maximum atomic E-state index is 13.8. The Morgan fingerprint density at radius 2 is 1.31 bits per heavy atom. The Labute approximate surface area is 245 Å². The Hall–Kier alpha value is -4.18. The van der Waals surface area contributed by atoms with Gasteiger partial charge in [0, 0.05) is 11.8 Å². The van der Waals surface area contributed by atoms with Crippen LogP contribution < -0.4 is 4.74 Å². The van der Waals surface area contributed by atoms with E-state index >= 15 is 0 Å². The Bertz CT molecular complexity index is 1600. The number of hydrogen-bond donors (Lipinski definition) is 0. The Morgan fingerprint density at radius 3 is 1.84 bits per heavy atom. The summed E-state index contributed by atoms with van der Waals surface area (Å²) in [4.78, 5) is 17.6. The van der Waals surface area contributed by atoms with E-state index in [2.05, 4.69) is 4.98 Å². The SMILES string of the molecule is COc1ncc(C(F)(F)F)cc1-c1ccc(C(F)(F)F)cc1[C@@H]1CC[C@H]2[C@@H](c3cc(C(F)(F)F)cc(C(F)(F)F)c3)OC(=O)N12. The van der Waals surface area contributed by atoms with Crippen molar-refractivity contribution in [3.8, 4) is 17.0 Å². The van der Waals surface area contributed by atoms with Crippen molar-refractivity contribution in [3.63, 3.8) is 0 Å². The molecule has 242 valence electrons. The van der Waals surface area contributed by atoms with Crippen molar-refractivity contribution in [2.24, 2.45) is 0 Å². The van der Waals surface area contributed by atoms with E-state index in [1.54, 1.807) is 0 Å². The maximum absolute atomic E-state index is 13.8. The minimum Gasteiger partial charge on any atom is -0.481 e. The van der Waals surface area contributed by atoms with E-state index in [0.717, 1.165) is 18.1 Å². The first kappa shape index (κ1) is 32.2. The number of aromatic nitrogens is 1. The third kappa shape index (κ3) is 6.08. The summed E-state index contributed by atoms with van der Waals surface area (Å²) < 4.78 is 173. The van der Waals surface area contributed by atoms with Crippen molar-refractivity contribution < 1.29 is 67.0 Å². The summed E-state index contributed by atoms with van der Waals surface area (Å²) in [7, 11) is 1.06. The summed E-state index contributed by atoms with van der Waals surface area (Å²) in [5.41, 5.74) is -7.41. The van der Waals surface area contributed by atoms with Gasteiger partial charge in [-0.15, -0.1) is 0 Å². The van der Waals surface area contributed by atoms with Gasteiger partial charge in [-0.2, -0.15) is 52.7 Å². The third-order valence-electron chi connectivity index (χ3n) is 7.56. The lowest BCUT2D eigenvalue weighted by Gasteiger charge is -2.26. The fraction of sp³-hybridized carbons (Fsp3) is 0.357. The van der Waals surface area contributed by atoms with Crippen LogP contribution in [0.2, 0.25) is 0 Å². The zero-order chi connectivity index (χ0) is 33.3. The molecule has 45 heavy (non-hydrogen) atoms. The molecule has 0 radical (unpaired) electrons. The minimum absolute atomic E-state index is 0.110. The molecule has 2 aliphatic heterocycles. The van der Waals surface area contributed by atoms with Crippen LogP contribution in [0.3, 0.4) is 0 Å². The van der Waals surface area contributed by atoms with Crippen molar-refractivity contribution in [3.05, 3.63) is 82.0 Å². The average molecular weight is 658 g/mol. The summed E-state index contributed by atoms with van der Waals surface area (Å²) >= 11 is 0. The fourth-order valence-electron chi connectivity index (χ4n) is 5.61. The highest BCUT2D eigenvalue weighted by molar-refractivity contribution is 5.77. The van der Waals surface area contributed by atoms with E-state index in [0.29, 0.717) is 36.5 Å². The summed E-state index contributed by atoms with van der Waals surface area (Å²) in [5.74, 6) is -0.399. The van der Waals surface area contributed by atoms with Crippen molar-refractivity contribution >= 4 is 6.09 Å². The van der Waals surface area contributed by atoms with Gasteiger partial charge in [0.1, 0.15) is 6.10 Å². The van der Waals surface area contributed by atoms with Crippen LogP contribution in [0, 0.1) is 0 Å². The van der Waals surface area contributed by atoms with E-state index in [1.807, 2.05) is 0 Å². The molecule has 1 amide bonds. The predicted octanol–water partition coefficient (Wildman–Crippen LogP) is 9.23. The number of nitrogens with zero attached hydrogens (tertiary/aromatic N) is 2. The number of pyridine rings is 1. The Balaban J connectivity index is 1.63. The highest BCUT2D eigenvalue weighted by Crippen LogP contribution is 2.51. The van der Waals surface area contributed by atoms with E-state index < -0.39 is 82.7 Å². The average Bonchev–Trinajstić information content (AvgIpc) is 3.51. The van der Waals surface area contributed by atoms with E-state index in [9.17, 15) is 57.5 Å². The van der Waals surface area contributed by atoms with Crippen LogP contribution in [0.25, 0.3) is 11.1 Å². The summed E-state index contributed by atoms with van der Waals surface area (Å²) in [6, 6.07) is 0.765. The normalized spacial score (nSPS) is 20.8. The molecular weight excluding hydrogens is 640 g/mol. The van der Waals surface area contributed by atoms with E-state index in [4.69, 9.17) is 9.47 Å². The fourth-order valence-corrected chi connectivity index (χ4v) is 5.61. The number of benzene rings is 2. The van der Waals surface area contributed by atoms with Crippen molar-refractivity contribution in [1.82, 2.24) is 9.88 Å². The number of fused-ring (bicyclic) bond motifs is 1. The summed E-state index contributed by atoms with van der Waals surface area (Å²) in [6.45, 7) is 0. The second-order valence-corrected chi connectivity index (χ2v) is 10.3. The van der Waals surface area contributed by atoms with Crippen LogP contribution in [0.4, 0.5) is 57.5 Å². The molecular formula is C28H18F12N2O3. The van der Waals surface area contributed by atoms with Crippen molar-refractivity contribution in [2.45, 2.75) is 55.7 Å². The molecule has 5 rings (SSSR count). The molecule has 0 bridgehead atoms. The van der Waals surface area contributed by atoms with Crippen LogP contribution >= 0.6 is 0 Å². The molecule has 3 heterocycles. The standard InChI is InChI=1S/C28H18F12N2O3/c1-44-23-19(10-16(11-41-23)28(38,39)40)17-3-2-13(25(29,30)31)9-18(17)20-4-5-21-22(45-24(43)42(20)21)12-6-14(26(32,33)34)8-15(7-12)27(35,36)37/h2-3,6-11,20-22H,4-5H2,1H3/t20-,21-,22+/m0/s1. The first-order chi connectivity index (χ1) is 20.7. The van der Waals surface area contributed by atoms with Crippen LogP contribution in [-0.4, -0.2) is 29.1 Å². The topological polar surface area (TPSA) is 51.7 Å². The zero-order valence-electron chi connectivity index (χ0n) is 22.4. The third-order valence-corrected chi connectivity index (χ3v) is 7.56. The van der Waals surface area contributed by atoms with Gasteiger partial charge in [0.2, 0.25) is 5.88 Å². The number of amides is 1. The van der Waals surface area contributed by atoms with E-state index in [1.165, 1.54) is 0 Å². The first-order valence-corrected chi connectivity index (χ1v) is 12.8. The smallest absolute Gasteiger partial charge is 0.417 e. The highest BCUT2D eigenvalue weighted by atomic mass is 19.4. The second-order valence-electron chi connectivity index (χ2n) is 10.3. The number of methoxy groups -OCH3 is 1. The summed E-state index contributed by atoms with van der Waals surface area (Å²) in [5, 5.41) is 0. The molecule has 3 atom stereocenters. The molecule has 0 N–H and O–H groups in total. The number of halogens is 12. The number of ether oxygens (including phenoxy) is 2. The quantitative estimate of drug-likeness (QED) is 0.263. The molecule has 0 saturated carbocycles. The lowest BCUT2D eigenvalue weighted by Crippen LogP contribution is -2.31. The number of carbonyl (C=O) groups is 1. The second kappa shape index (κ2) is 10.7. The van der Waals surface area contributed by atoms with Gasteiger partial charge in [-0.25, -0.2) is 9.78 Å². The van der Waals surface area contributed by atoms with Gasteiger partial charge in [-0.1, -0.05) is 6.07 Å². The molecule has 2 saturated heterocycles. The zero-order valence-corrected chi connectivity index (χ0v) is 22.4. The number of rotatable bonds is 4. The Morgan fingerprint density at radius 1 is 0.733 bits per heavy atom. The van der Waals surface area contributed by atoms with Gasteiger partial charge in [0.25, 0.3) is 0 Å². The molecule has 0 aliphatic carbocycles. The van der Waals surface area contributed by atoms with Gasteiger partial charge in [-0.05, 0) is 65.9 Å². The molecule has 0 unspecified atom stereocenters. The molecule has 1 aromatic heterocycles. The van der Waals surface area contributed by atoms with Gasteiger partial charge in [0.15, 0.2) is 0 Å². The van der Waals surface area contributed by atoms with Gasteiger partial charge >= 0.3 is 30.8 Å². The largest absolute Gasteiger partial charge is 0.481 e. The number of hydrogen-bond acceptors (Lipinski definition) is 4. The summed E-state index contributed by atoms with van der Waals surface area (Å²) in [6.07, 6.45) is -23.1. The Kier molecular flexibility index (Phi) is 7.68. The molecule has 3 aromatic rings. The molecule has 5 nitrogen and oxygen atoms in total. The van der Waals surface area contributed by atoms with Crippen LogP contribution in [0.5, 0.6) is 5.88 Å².